The molecule has 0 atom stereocenters. The number of nitrogens with one attached hydrogen (secondary N) is 1. The Morgan fingerprint density at radius 3 is 2.67 bits per heavy atom. The van der Waals surface area contributed by atoms with Crippen LogP contribution in [0.2, 0.25) is 5.02 Å². The summed E-state index contributed by atoms with van der Waals surface area (Å²) in [6.45, 7) is 5.63. The molecule has 0 saturated carbocycles. The van der Waals surface area contributed by atoms with Crippen LogP contribution in [0.25, 0.3) is 0 Å². The van der Waals surface area contributed by atoms with Gasteiger partial charge < -0.3 is 9.73 Å². The molecule has 3 aromatic rings. The monoisotopic (exact) mass is 388 g/mol. The Balaban J connectivity index is 1.74. The number of hydrogen-bond donors (Lipinski definition) is 1. The summed E-state index contributed by atoms with van der Waals surface area (Å²) in [4.78, 5) is 22.9. The van der Waals surface area contributed by atoms with Crippen molar-refractivity contribution in [2.24, 2.45) is 0 Å². The van der Waals surface area contributed by atoms with Crippen LogP contribution in [0.15, 0.2) is 34.7 Å². The molecule has 0 unspecified atom stereocenters. The number of nitro benzene ring substituents is 1. The lowest BCUT2D eigenvalue weighted by Crippen LogP contribution is -2.11. The van der Waals surface area contributed by atoms with Gasteiger partial charge in [0.1, 0.15) is 5.76 Å². The number of carbonyl (C=O) groups is 1. The highest BCUT2D eigenvalue weighted by Crippen LogP contribution is 2.23. The lowest BCUT2D eigenvalue weighted by atomic mass is 10.2. The Morgan fingerprint density at radius 1 is 1.30 bits per heavy atom. The summed E-state index contributed by atoms with van der Waals surface area (Å²) in [5.41, 5.74) is 2.31. The van der Waals surface area contributed by atoms with Crippen molar-refractivity contribution in [3.63, 3.8) is 0 Å². The molecule has 0 aliphatic carbocycles. The van der Waals surface area contributed by atoms with Crippen LogP contribution in [0.3, 0.4) is 0 Å². The number of aryl methyl sites for hydroxylation is 2. The van der Waals surface area contributed by atoms with E-state index in [4.69, 9.17) is 16.0 Å². The van der Waals surface area contributed by atoms with Crippen LogP contribution in [0.5, 0.6) is 0 Å². The third kappa shape index (κ3) is 3.85. The molecule has 27 heavy (non-hydrogen) atoms. The zero-order chi connectivity index (χ0) is 19.7. The van der Waals surface area contributed by atoms with Crippen LogP contribution in [0.1, 0.15) is 33.3 Å². The van der Waals surface area contributed by atoms with E-state index in [0.29, 0.717) is 28.6 Å². The van der Waals surface area contributed by atoms with Crippen molar-refractivity contribution in [1.82, 2.24) is 9.78 Å². The maximum Gasteiger partial charge on any atom is 0.291 e. The first kappa shape index (κ1) is 18.7. The normalized spacial score (nSPS) is 10.8. The highest BCUT2D eigenvalue weighted by atomic mass is 35.5. The SMILES string of the molecule is Cc1ccc(NC(=O)c2ccc(Cn3nc(C)c(Cl)c3C)o2)cc1[N+](=O)[O-]. The van der Waals surface area contributed by atoms with Gasteiger partial charge in [-0.15, -0.1) is 0 Å². The number of hydrogen-bond acceptors (Lipinski definition) is 5. The molecular weight excluding hydrogens is 372 g/mol. The minimum Gasteiger partial charge on any atom is -0.454 e. The number of furan rings is 1. The largest absolute Gasteiger partial charge is 0.454 e. The molecule has 0 aliphatic heterocycles. The quantitative estimate of drug-likeness (QED) is 0.519. The molecule has 1 N–H and O–H groups in total. The smallest absolute Gasteiger partial charge is 0.291 e. The lowest BCUT2D eigenvalue weighted by molar-refractivity contribution is -0.385. The van der Waals surface area contributed by atoms with Crippen LogP contribution >= 0.6 is 11.6 Å². The van der Waals surface area contributed by atoms with E-state index < -0.39 is 10.8 Å². The zero-order valence-electron chi connectivity index (χ0n) is 14.9. The third-order valence-electron chi connectivity index (χ3n) is 4.15. The predicted molar refractivity (Wildman–Crippen MR) is 100 cm³/mol. The first-order valence-electron chi connectivity index (χ1n) is 8.11. The Morgan fingerprint density at radius 2 is 2.04 bits per heavy atom. The number of nitrogens with zero attached hydrogens (tertiary/aromatic N) is 3. The number of amides is 1. The van der Waals surface area contributed by atoms with Gasteiger partial charge in [-0.2, -0.15) is 5.10 Å². The summed E-state index contributed by atoms with van der Waals surface area (Å²) >= 11 is 6.13. The number of carbonyl (C=O) groups excluding carboxylic acids is 1. The molecule has 0 bridgehead atoms. The van der Waals surface area contributed by atoms with E-state index in [1.54, 1.807) is 35.9 Å². The van der Waals surface area contributed by atoms with Gasteiger partial charge in [0.25, 0.3) is 11.6 Å². The van der Waals surface area contributed by atoms with Crippen LogP contribution in [0, 0.1) is 30.9 Å². The maximum atomic E-state index is 12.4. The number of aromatic nitrogens is 2. The van der Waals surface area contributed by atoms with Crippen LogP contribution < -0.4 is 5.32 Å². The number of anilines is 1. The number of rotatable bonds is 5. The lowest BCUT2D eigenvalue weighted by Gasteiger charge is -2.05. The first-order valence-corrected chi connectivity index (χ1v) is 8.48. The molecule has 0 saturated heterocycles. The number of nitro groups is 1. The van der Waals surface area contributed by atoms with Crippen molar-refractivity contribution < 1.29 is 14.1 Å². The van der Waals surface area contributed by atoms with E-state index in [0.717, 1.165) is 11.4 Å². The average Bonchev–Trinajstić information content (AvgIpc) is 3.18. The molecule has 140 valence electrons. The van der Waals surface area contributed by atoms with Gasteiger partial charge in [-0.3, -0.25) is 19.6 Å². The number of benzene rings is 1. The van der Waals surface area contributed by atoms with Gasteiger partial charge >= 0.3 is 0 Å². The molecule has 0 spiro atoms. The first-order chi connectivity index (χ1) is 12.8. The maximum absolute atomic E-state index is 12.4. The van der Waals surface area contributed by atoms with Crippen LogP contribution in [-0.4, -0.2) is 20.6 Å². The van der Waals surface area contributed by atoms with Crippen molar-refractivity contribution in [3.8, 4) is 0 Å². The summed E-state index contributed by atoms with van der Waals surface area (Å²) in [6, 6.07) is 7.71. The van der Waals surface area contributed by atoms with Crippen molar-refractivity contribution in [2.75, 3.05) is 5.32 Å². The second kappa shape index (κ2) is 7.24. The standard InChI is InChI=1S/C18H17ClN4O4/c1-10-4-5-13(8-15(10)23(25)26)20-18(24)16-7-6-14(27-16)9-22-12(3)17(19)11(2)21-22/h4-8H,9H2,1-3H3,(H,20,24). The minimum absolute atomic E-state index is 0.0608. The molecule has 0 radical (unpaired) electrons. The van der Waals surface area contributed by atoms with Gasteiger partial charge in [0.15, 0.2) is 5.76 Å². The van der Waals surface area contributed by atoms with Crippen LogP contribution in [0.4, 0.5) is 11.4 Å². The Hall–Kier alpha value is -3.13. The van der Waals surface area contributed by atoms with Crippen molar-refractivity contribution in [1.29, 1.82) is 0 Å². The molecule has 9 heteroatoms. The van der Waals surface area contributed by atoms with Gasteiger partial charge in [0, 0.05) is 17.3 Å². The zero-order valence-corrected chi connectivity index (χ0v) is 15.7. The molecule has 1 aromatic carbocycles. The fourth-order valence-electron chi connectivity index (χ4n) is 2.64. The van der Waals surface area contributed by atoms with Gasteiger partial charge in [-0.05, 0) is 39.0 Å². The summed E-state index contributed by atoms with van der Waals surface area (Å²) in [7, 11) is 0. The highest BCUT2D eigenvalue weighted by Gasteiger charge is 2.16. The summed E-state index contributed by atoms with van der Waals surface area (Å²) in [5, 5.41) is 18.5. The topological polar surface area (TPSA) is 103 Å². The number of halogens is 1. The summed E-state index contributed by atoms with van der Waals surface area (Å²) in [6.07, 6.45) is 0. The fourth-order valence-corrected chi connectivity index (χ4v) is 2.77. The molecule has 3 rings (SSSR count). The van der Waals surface area contributed by atoms with Gasteiger partial charge in [-0.1, -0.05) is 17.7 Å². The van der Waals surface area contributed by atoms with E-state index in [9.17, 15) is 14.9 Å². The molecule has 1 amide bonds. The van der Waals surface area contributed by atoms with Crippen molar-refractivity contribution in [2.45, 2.75) is 27.3 Å². The molecular formula is C18H17ClN4O4. The Labute approximate surface area is 159 Å². The van der Waals surface area contributed by atoms with Gasteiger partial charge in [-0.25, -0.2) is 0 Å². The highest BCUT2D eigenvalue weighted by molar-refractivity contribution is 6.31. The second-order valence-electron chi connectivity index (χ2n) is 6.12. The Bertz CT molecular complexity index is 1040. The molecule has 0 fully saturated rings. The molecule has 2 heterocycles. The van der Waals surface area contributed by atoms with E-state index in [-0.39, 0.29) is 11.4 Å². The van der Waals surface area contributed by atoms with Crippen LogP contribution in [-0.2, 0) is 6.54 Å². The second-order valence-corrected chi connectivity index (χ2v) is 6.50. The van der Waals surface area contributed by atoms with E-state index in [1.165, 1.54) is 6.07 Å². The predicted octanol–water partition coefficient (Wildman–Crippen LogP) is 4.26. The average molecular weight is 389 g/mol. The summed E-state index contributed by atoms with van der Waals surface area (Å²) < 4.78 is 7.27. The fraction of sp³-hybridized carbons (Fsp3) is 0.222. The van der Waals surface area contributed by atoms with Crippen molar-refractivity contribution >= 4 is 28.9 Å². The third-order valence-corrected chi connectivity index (χ3v) is 4.69. The van der Waals surface area contributed by atoms with Gasteiger partial charge in [0.2, 0.25) is 0 Å². The molecule has 2 aromatic heterocycles. The summed E-state index contributed by atoms with van der Waals surface area (Å²) in [5.74, 6) is 0.143. The van der Waals surface area contributed by atoms with E-state index >= 15 is 0 Å². The minimum atomic E-state index is -0.495. The van der Waals surface area contributed by atoms with E-state index in [2.05, 4.69) is 10.4 Å². The van der Waals surface area contributed by atoms with Crippen molar-refractivity contribution in [3.05, 3.63) is 73.9 Å². The van der Waals surface area contributed by atoms with Gasteiger partial charge in [0.05, 0.1) is 27.9 Å². The van der Waals surface area contributed by atoms with E-state index in [1.807, 2.05) is 13.8 Å². The molecule has 8 nitrogen and oxygen atoms in total. The molecule has 0 aliphatic rings. The Kier molecular flexibility index (Phi) is 5.00.